The normalized spacial score (nSPS) is 16.0. The molecular weight excluding hydrogens is 170 g/mol. The maximum absolute atomic E-state index is 6.02. The predicted molar refractivity (Wildman–Crippen MR) is 60.3 cm³/mol. The third-order valence-electron chi connectivity index (χ3n) is 2.96. The van der Waals surface area contributed by atoms with Crippen LogP contribution in [0.3, 0.4) is 0 Å². The molecule has 1 nitrogen and oxygen atoms in total. The van der Waals surface area contributed by atoms with Crippen LogP contribution in [0.15, 0.2) is 36.4 Å². The number of benzene rings is 2. The van der Waals surface area contributed by atoms with Gasteiger partial charge in [0.05, 0.1) is 0 Å². The minimum Gasteiger partial charge on any atom is -0.398 e. The fourth-order valence-corrected chi connectivity index (χ4v) is 2.02. The van der Waals surface area contributed by atoms with Crippen LogP contribution in [0, 0.1) is 0 Å². The van der Waals surface area contributed by atoms with Crippen LogP contribution >= 0.6 is 0 Å². The van der Waals surface area contributed by atoms with Crippen molar-refractivity contribution < 1.29 is 0 Å². The second-order valence-corrected chi connectivity index (χ2v) is 4.11. The average molecular weight is 183 g/mol. The number of fused-ring (bicyclic) bond motifs is 1. The van der Waals surface area contributed by atoms with Gasteiger partial charge in [0.15, 0.2) is 0 Å². The molecule has 14 heavy (non-hydrogen) atoms. The van der Waals surface area contributed by atoms with E-state index in [1.54, 1.807) is 0 Å². The van der Waals surface area contributed by atoms with Crippen molar-refractivity contribution in [3.05, 3.63) is 42.0 Å². The largest absolute Gasteiger partial charge is 0.398 e. The van der Waals surface area contributed by atoms with Crippen LogP contribution in [-0.4, -0.2) is 0 Å². The van der Waals surface area contributed by atoms with Gasteiger partial charge in [-0.2, -0.15) is 0 Å². The van der Waals surface area contributed by atoms with Crippen LogP contribution in [0.1, 0.15) is 24.3 Å². The molecule has 0 spiro atoms. The molecular formula is C13H13N. The molecule has 1 aliphatic carbocycles. The molecule has 0 unspecified atom stereocenters. The summed E-state index contributed by atoms with van der Waals surface area (Å²) >= 11 is 0. The Morgan fingerprint density at radius 2 is 1.86 bits per heavy atom. The summed E-state index contributed by atoms with van der Waals surface area (Å²) in [5.41, 5.74) is 8.36. The number of hydrogen-bond acceptors (Lipinski definition) is 1. The van der Waals surface area contributed by atoms with Gasteiger partial charge in [-0.3, -0.25) is 0 Å². The fraction of sp³-hybridized carbons (Fsp3) is 0.231. The molecule has 0 amide bonds. The van der Waals surface area contributed by atoms with E-state index in [4.69, 9.17) is 5.73 Å². The number of anilines is 1. The third kappa shape index (κ3) is 1.17. The highest BCUT2D eigenvalue weighted by Crippen LogP contribution is 2.42. The van der Waals surface area contributed by atoms with Crippen molar-refractivity contribution in [1.82, 2.24) is 0 Å². The molecule has 0 aromatic heterocycles. The molecule has 1 aliphatic rings. The first-order chi connectivity index (χ1) is 6.84. The molecule has 0 saturated heterocycles. The quantitative estimate of drug-likeness (QED) is 0.674. The average Bonchev–Trinajstić information content (AvgIpc) is 3.01. The molecule has 0 heterocycles. The molecule has 0 atom stereocenters. The Bertz CT molecular complexity index is 484. The Hall–Kier alpha value is -1.50. The third-order valence-corrected chi connectivity index (χ3v) is 2.96. The van der Waals surface area contributed by atoms with Crippen LogP contribution in [0.5, 0.6) is 0 Å². The molecule has 0 aliphatic heterocycles. The molecule has 1 saturated carbocycles. The zero-order valence-corrected chi connectivity index (χ0v) is 8.03. The van der Waals surface area contributed by atoms with E-state index < -0.39 is 0 Å². The zero-order valence-electron chi connectivity index (χ0n) is 8.03. The maximum Gasteiger partial charge on any atom is 0.0396 e. The van der Waals surface area contributed by atoms with E-state index >= 15 is 0 Å². The van der Waals surface area contributed by atoms with Crippen molar-refractivity contribution in [2.45, 2.75) is 18.8 Å². The van der Waals surface area contributed by atoms with Crippen LogP contribution in [0.25, 0.3) is 10.8 Å². The van der Waals surface area contributed by atoms with Gasteiger partial charge in [0.1, 0.15) is 0 Å². The molecule has 2 aromatic rings. The first-order valence-electron chi connectivity index (χ1n) is 5.13. The lowest BCUT2D eigenvalue weighted by Crippen LogP contribution is -1.89. The topological polar surface area (TPSA) is 26.0 Å². The number of hydrogen-bond donors (Lipinski definition) is 1. The van der Waals surface area contributed by atoms with E-state index in [1.165, 1.54) is 29.2 Å². The fourth-order valence-electron chi connectivity index (χ4n) is 2.02. The molecule has 0 radical (unpaired) electrons. The summed E-state index contributed by atoms with van der Waals surface area (Å²) in [4.78, 5) is 0. The summed E-state index contributed by atoms with van der Waals surface area (Å²) in [6, 6.07) is 12.7. The van der Waals surface area contributed by atoms with Gasteiger partial charge in [-0.1, -0.05) is 30.3 Å². The highest BCUT2D eigenvalue weighted by atomic mass is 14.6. The van der Waals surface area contributed by atoms with E-state index in [9.17, 15) is 0 Å². The van der Waals surface area contributed by atoms with Gasteiger partial charge in [0.2, 0.25) is 0 Å². The monoisotopic (exact) mass is 183 g/mol. The summed E-state index contributed by atoms with van der Waals surface area (Å²) in [6.07, 6.45) is 2.66. The minimum absolute atomic E-state index is 0.780. The Kier molecular flexibility index (Phi) is 1.54. The van der Waals surface area contributed by atoms with E-state index in [0.717, 1.165) is 11.6 Å². The molecule has 70 valence electrons. The molecule has 0 bridgehead atoms. The minimum atomic E-state index is 0.780. The summed E-state index contributed by atoms with van der Waals surface area (Å²) in [5, 5.41) is 2.45. The zero-order chi connectivity index (χ0) is 9.54. The van der Waals surface area contributed by atoms with Gasteiger partial charge in [-0.05, 0) is 35.8 Å². The SMILES string of the molecule is Nc1cc(C2CC2)cc2ccccc12. The number of nitrogens with two attached hydrogens (primary N) is 1. The first kappa shape index (κ1) is 7.86. The first-order valence-corrected chi connectivity index (χ1v) is 5.13. The van der Waals surface area contributed by atoms with Crippen LogP contribution in [-0.2, 0) is 0 Å². The van der Waals surface area contributed by atoms with Crippen molar-refractivity contribution in [2.24, 2.45) is 0 Å². The Labute approximate surface area is 83.5 Å². The Balaban J connectivity index is 2.27. The lowest BCUT2D eigenvalue weighted by atomic mass is 10.0. The lowest BCUT2D eigenvalue weighted by Gasteiger charge is -2.05. The van der Waals surface area contributed by atoms with Gasteiger partial charge in [0, 0.05) is 11.1 Å². The van der Waals surface area contributed by atoms with Gasteiger partial charge in [-0.15, -0.1) is 0 Å². The van der Waals surface area contributed by atoms with Crippen molar-refractivity contribution >= 4 is 16.5 Å². The molecule has 2 aromatic carbocycles. The standard InChI is InChI=1S/C13H13N/c14-13-8-11(9-5-6-9)7-10-3-1-2-4-12(10)13/h1-4,7-9H,5-6,14H2. The Morgan fingerprint density at radius 1 is 1.07 bits per heavy atom. The van der Waals surface area contributed by atoms with Gasteiger partial charge < -0.3 is 5.73 Å². The molecule has 2 N–H and O–H groups in total. The van der Waals surface area contributed by atoms with Crippen molar-refractivity contribution in [3.63, 3.8) is 0 Å². The number of nitrogen functional groups attached to an aromatic ring is 1. The summed E-state index contributed by atoms with van der Waals surface area (Å²) in [5.74, 6) is 0.780. The summed E-state index contributed by atoms with van der Waals surface area (Å²) in [7, 11) is 0. The lowest BCUT2D eigenvalue weighted by molar-refractivity contribution is 1.14. The van der Waals surface area contributed by atoms with E-state index in [2.05, 4.69) is 30.3 Å². The number of rotatable bonds is 1. The van der Waals surface area contributed by atoms with Gasteiger partial charge in [0.25, 0.3) is 0 Å². The predicted octanol–water partition coefficient (Wildman–Crippen LogP) is 3.30. The highest BCUT2D eigenvalue weighted by Gasteiger charge is 2.23. The van der Waals surface area contributed by atoms with Gasteiger partial charge >= 0.3 is 0 Å². The van der Waals surface area contributed by atoms with E-state index in [0.29, 0.717) is 0 Å². The van der Waals surface area contributed by atoms with E-state index in [1.807, 2.05) is 6.07 Å². The van der Waals surface area contributed by atoms with Crippen molar-refractivity contribution in [2.75, 3.05) is 5.73 Å². The highest BCUT2D eigenvalue weighted by molar-refractivity contribution is 5.93. The summed E-state index contributed by atoms with van der Waals surface area (Å²) < 4.78 is 0. The second-order valence-electron chi connectivity index (χ2n) is 4.11. The smallest absolute Gasteiger partial charge is 0.0396 e. The van der Waals surface area contributed by atoms with Crippen molar-refractivity contribution in [1.29, 1.82) is 0 Å². The van der Waals surface area contributed by atoms with Crippen LogP contribution < -0.4 is 5.73 Å². The molecule has 1 heteroatoms. The second kappa shape index (κ2) is 2.74. The van der Waals surface area contributed by atoms with Gasteiger partial charge in [-0.25, -0.2) is 0 Å². The Morgan fingerprint density at radius 3 is 2.64 bits per heavy atom. The molecule has 3 rings (SSSR count). The van der Waals surface area contributed by atoms with Crippen LogP contribution in [0.2, 0.25) is 0 Å². The van der Waals surface area contributed by atoms with E-state index in [-0.39, 0.29) is 0 Å². The van der Waals surface area contributed by atoms with Crippen molar-refractivity contribution in [3.8, 4) is 0 Å². The summed E-state index contributed by atoms with van der Waals surface area (Å²) in [6.45, 7) is 0. The molecule has 1 fully saturated rings. The maximum atomic E-state index is 6.02. The van der Waals surface area contributed by atoms with Crippen LogP contribution in [0.4, 0.5) is 5.69 Å².